The summed E-state index contributed by atoms with van der Waals surface area (Å²) >= 11 is 5.89. The molecule has 0 bridgehead atoms. The van der Waals surface area contributed by atoms with Gasteiger partial charge in [0.2, 0.25) is 0 Å². The molecule has 0 amide bonds. The van der Waals surface area contributed by atoms with Crippen molar-refractivity contribution in [1.29, 1.82) is 0 Å². The first-order valence-electron chi connectivity index (χ1n) is 9.45. The van der Waals surface area contributed by atoms with Crippen LogP contribution in [0, 0.1) is 0 Å². The lowest BCUT2D eigenvalue weighted by molar-refractivity contribution is -0.137. The quantitative estimate of drug-likeness (QED) is 0.305. The summed E-state index contributed by atoms with van der Waals surface area (Å²) in [6.07, 6.45) is -2.82. The first-order chi connectivity index (χ1) is 14.8. The fourth-order valence-corrected chi connectivity index (χ4v) is 2.78. The van der Waals surface area contributed by atoms with Gasteiger partial charge in [-0.1, -0.05) is 23.7 Å². The molecule has 0 saturated heterocycles. The molecule has 3 rings (SSSR count). The van der Waals surface area contributed by atoms with Crippen molar-refractivity contribution in [2.24, 2.45) is 5.10 Å². The minimum atomic E-state index is -4.37. The van der Waals surface area contributed by atoms with Crippen LogP contribution in [0.25, 0.3) is 0 Å². The zero-order chi connectivity index (χ0) is 22.3. The van der Waals surface area contributed by atoms with Crippen molar-refractivity contribution < 1.29 is 22.6 Å². The zero-order valence-corrected chi connectivity index (χ0v) is 17.4. The molecular weight excluding hydrogens is 429 g/mol. The van der Waals surface area contributed by atoms with Crippen LogP contribution in [0.1, 0.15) is 23.6 Å². The molecule has 31 heavy (non-hydrogen) atoms. The van der Waals surface area contributed by atoms with E-state index in [-0.39, 0.29) is 0 Å². The Hall–Kier alpha value is -3.19. The van der Waals surface area contributed by atoms with Crippen LogP contribution in [-0.4, -0.2) is 12.8 Å². The van der Waals surface area contributed by atoms with E-state index in [2.05, 4.69) is 10.5 Å². The molecule has 0 heterocycles. The van der Waals surface area contributed by atoms with Gasteiger partial charge in [0.15, 0.2) is 11.5 Å². The van der Waals surface area contributed by atoms with Crippen molar-refractivity contribution in [1.82, 2.24) is 0 Å². The SMILES string of the molecule is CCOc1cc(C=NNc2ccc(C(F)(F)F)cc2)ccc1OCc1ccc(Cl)cc1. The van der Waals surface area contributed by atoms with Crippen LogP contribution in [0.3, 0.4) is 0 Å². The third-order valence-corrected chi connectivity index (χ3v) is 4.45. The number of hydrogen-bond donors (Lipinski definition) is 1. The van der Waals surface area contributed by atoms with Crippen LogP contribution in [0.5, 0.6) is 11.5 Å². The van der Waals surface area contributed by atoms with E-state index in [1.54, 1.807) is 36.5 Å². The summed E-state index contributed by atoms with van der Waals surface area (Å²) in [5.74, 6) is 1.15. The minimum absolute atomic E-state index is 0.361. The number of hydrazone groups is 1. The second-order valence-electron chi connectivity index (χ2n) is 6.50. The van der Waals surface area contributed by atoms with Gasteiger partial charge in [-0.2, -0.15) is 18.3 Å². The molecule has 0 unspecified atom stereocenters. The summed E-state index contributed by atoms with van der Waals surface area (Å²) in [6, 6.07) is 17.4. The predicted molar refractivity (Wildman–Crippen MR) is 116 cm³/mol. The van der Waals surface area contributed by atoms with Gasteiger partial charge < -0.3 is 9.47 Å². The molecule has 3 aromatic carbocycles. The summed E-state index contributed by atoms with van der Waals surface area (Å²) in [4.78, 5) is 0. The number of nitrogens with zero attached hydrogens (tertiary/aromatic N) is 1. The summed E-state index contributed by atoms with van der Waals surface area (Å²) in [6.45, 7) is 2.69. The minimum Gasteiger partial charge on any atom is -0.490 e. The number of rotatable bonds is 8. The Morgan fingerprint density at radius 2 is 1.65 bits per heavy atom. The highest BCUT2D eigenvalue weighted by molar-refractivity contribution is 6.30. The van der Waals surface area contributed by atoms with Crippen LogP contribution < -0.4 is 14.9 Å². The normalized spacial score (nSPS) is 11.5. The third kappa shape index (κ3) is 6.65. The topological polar surface area (TPSA) is 42.8 Å². The van der Waals surface area contributed by atoms with Gasteiger partial charge in [0.25, 0.3) is 0 Å². The van der Waals surface area contributed by atoms with E-state index in [1.165, 1.54) is 12.1 Å². The predicted octanol–water partition coefficient (Wildman–Crippen LogP) is 6.78. The maximum absolute atomic E-state index is 12.6. The van der Waals surface area contributed by atoms with Gasteiger partial charge in [-0.25, -0.2) is 0 Å². The molecular formula is C23H20ClF3N2O2. The smallest absolute Gasteiger partial charge is 0.416 e. The first kappa shape index (κ1) is 22.5. The largest absolute Gasteiger partial charge is 0.490 e. The second-order valence-corrected chi connectivity index (χ2v) is 6.94. The van der Waals surface area contributed by atoms with Crippen molar-refractivity contribution >= 4 is 23.5 Å². The average molecular weight is 449 g/mol. The number of halogens is 4. The summed E-state index contributed by atoms with van der Waals surface area (Å²) in [5, 5.41) is 4.73. The van der Waals surface area contributed by atoms with Crippen molar-refractivity contribution in [3.05, 3.63) is 88.4 Å². The Morgan fingerprint density at radius 1 is 0.935 bits per heavy atom. The number of alkyl halides is 3. The van der Waals surface area contributed by atoms with Crippen molar-refractivity contribution in [3.63, 3.8) is 0 Å². The molecule has 4 nitrogen and oxygen atoms in total. The van der Waals surface area contributed by atoms with Crippen LogP contribution in [0.15, 0.2) is 71.8 Å². The highest BCUT2D eigenvalue weighted by Gasteiger charge is 2.29. The lowest BCUT2D eigenvalue weighted by Crippen LogP contribution is -2.04. The molecule has 0 radical (unpaired) electrons. The maximum atomic E-state index is 12.6. The average Bonchev–Trinajstić information content (AvgIpc) is 2.74. The number of benzene rings is 3. The first-order valence-corrected chi connectivity index (χ1v) is 9.83. The molecule has 0 aliphatic rings. The Balaban J connectivity index is 1.64. The van der Waals surface area contributed by atoms with Crippen LogP contribution in [0.2, 0.25) is 5.02 Å². The molecule has 162 valence electrons. The van der Waals surface area contributed by atoms with Crippen molar-refractivity contribution in [3.8, 4) is 11.5 Å². The molecule has 0 aromatic heterocycles. The van der Waals surface area contributed by atoms with Crippen LogP contribution in [0.4, 0.5) is 18.9 Å². The van der Waals surface area contributed by atoms with Gasteiger partial charge in [0, 0.05) is 5.02 Å². The molecule has 0 fully saturated rings. The van der Waals surface area contributed by atoms with E-state index in [4.69, 9.17) is 21.1 Å². The zero-order valence-electron chi connectivity index (χ0n) is 16.6. The Morgan fingerprint density at radius 3 is 2.29 bits per heavy atom. The standard InChI is InChI=1S/C23H20ClF3N2O2/c1-2-30-22-13-17(5-12-21(22)31-15-16-3-8-19(24)9-4-16)14-28-29-20-10-6-18(7-11-20)23(25,26)27/h3-14,29H,2,15H2,1H3. The van der Waals surface area contributed by atoms with Gasteiger partial charge in [0.1, 0.15) is 6.61 Å². The Labute approximate surface area is 183 Å². The molecule has 0 saturated carbocycles. The Kier molecular flexibility index (Phi) is 7.41. The molecule has 0 aliphatic carbocycles. The Bertz CT molecular complexity index is 1020. The van der Waals surface area contributed by atoms with Crippen molar-refractivity contribution in [2.45, 2.75) is 19.7 Å². The molecule has 0 spiro atoms. The fraction of sp³-hybridized carbons (Fsp3) is 0.174. The van der Waals surface area contributed by atoms with Crippen molar-refractivity contribution in [2.75, 3.05) is 12.0 Å². The highest BCUT2D eigenvalue weighted by atomic mass is 35.5. The summed E-state index contributed by atoms with van der Waals surface area (Å²) in [5.41, 5.74) is 4.15. The number of nitrogens with one attached hydrogen (secondary N) is 1. The van der Waals surface area contributed by atoms with Gasteiger partial charge in [-0.05, 0) is 72.6 Å². The summed E-state index contributed by atoms with van der Waals surface area (Å²) < 4.78 is 49.4. The summed E-state index contributed by atoms with van der Waals surface area (Å²) in [7, 11) is 0. The fourth-order valence-electron chi connectivity index (χ4n) is 2.65. The third-order valence-electron chi connectivity index (χ3n) is 4.19. The van der Waals surface area contributed by atoms with Gasteiger partial charge in [-0.15, -0.1) is 0 Å². The van der Waals surface area contributed by atoms with Gasteiger partial charge >= 0.3 is 6.18 Å². The van der Waals surface area contributed by atoms with E-state index in [0.717, 1.165) is 23.3 Å². The number of anilines is 1. The molecule has 0 atom stereocenters. The lowest BCUT2D eigenvalue weighted by Gasteiger charge is -2.12. The monoisotopic (exact) mass is 448 g/mol. The molecule has 0 aliphatic heterocycles. The van der Waals surface area contributed by atoms with Crippen LogP contribution >= 0.6 is 11.6 Å². The molecule has 3 aromatic rings. The lowest BCUT2D eigenvalue weighted by atomic mass is 10.2. The molecule has 8 heteroatoms. The van der Waals surface area contributed by atoms with E-state index in [0.29, 0.717) is 35.4 Å². The molecule has 1 N–H and O–H groups in total. The van der Waals surface area contributed by atoms with E-state index in [1.807, 2.05) is 19.1 Å². The number of ether oxygens (including phenoxy) is 2. The maximum Gasteiger partial charge on any atom is 0.416 e. The highest BCUT2D eigenvalue weighted by Crippen LogP contribution is 2.30. The van der Waals surface area contributed by atoms with Crippen LogP contribution in [-0.2, 0) is 12.8 Å². The van der Waals surface area contributed by atoms with E-state index < -0.39 is 11.7 Å². The number of hydrogen-bond acceptors (Lipinski definition) is 4. The van der Waals surface area contributed by atoms with E-state index >= 15 is 0 Å². The van der Waals surface area contributed by atoms with E-state index in [9.17, 15) is 13.2 Å². The van der Waals surface area contributed by atoms with Gasteiger partial charge in [-0.3, -0.25) is 5.43 Å². The van der Waals surface area contributed by atoms with Gasteiger partial charge in [0.05, 0.1) is 24.1 Å². The second kappa shape index (κ2) is 10.2.